The van der Waals surface area contributed by atoms with Crippen LogP contribution in [0.15, 0.2) is 30.5 Å². The molecule has 1 N–H and O–H groups in total. The fourth-order valence-electron chi connectivity index (χ4n) is 1.85. The standard InChI is InChI=1S/C15H19N3O2S/c1-15(2,3)14-17-10-13(21-14)9-16-8-11-5-4-6-12(7-11)18(19)20/h4-7,10,16H,8-9H2,1-3H3. The van der Waals surface area contributed by atoms with Crippen molar-refractivity contribution in [2.24, 2.45) is 0 Å². The Hall–Kier alpha value is -1.79. The third kappa shape index (κ3) is 4.34. The van der Waals surface area contributed by atoms with Crippen molar-refractivity contribution in [2.45, 2.75) is 39.3 Å². The molecule has 21 heavy (non-hydrogen) atoms. The Morgan fingerprint density at radius 3 is 2.71 bits per heavy atom. The Balaban J connectivity index is 1.91. The van der Waals surface area contributed by atoms with Crippen LogP contribution >= 0.6 is 11.3 Å². The zero-order valence-electron chi connectivity index (χ0n) is 12.4. The molecular formula is C15H19N3O2S. The van der Waals surface area contributed by atoms with E-state index in [0.717, 1.165) is 17.1 Å². The third-order valence-electron chi connectivity index (χ3n) is 2.94. The number of nitro groups is 1. The number of aromatic nitrogens is 1. The smallest absolute Gasteiger partial charge is 0.269 e. The van der Waals surface area contributed by atoms with Crippen LogP contribution in [0.1, 0.15) is 36.2 Å². The highest BCUT2D eigenvalue weighted by Crippen LogP contribution is 2.26. The summed E-state index contributed by atoms with van der Waals surface area (Å²) in [5.41, 5.74) is 1.11. The van der Waals surface area contributed by atoms with Crippen molar-refractivity contribution in [1.29, 1.82) is 0 Å². The van der Waals surface area contributed by atoms with Gasteiger partial charge in [0.15, 0.2) is 0 Å². The van der Waals surface area contributed by atoms with E-state index in [1.54, 1.807) is 23.5 Å². The number of nitrogens with zero attached hydrogens (tertiary/aromatic N) is 2. The molecule has 5 nitrogen and oxygen atoms in total. The molecule has 6 heteroatoms. The number of non-ortho nitro benzene ring substituents is 1. The number of thiazole rings is 1. The minimum atomic E-state index is -0.373. The number of nitro benzene ring substituents is 1. The van der Waals surface area contributed by atoms with Crippen LogP contribution in [-0.4, -0.2) is 9.91 Å². The van der Waals surface area contributed by atoms with E-state index in [2.05, 4.69) is 31.1 Å². The molecule has 112 valence electrons. The first kappa shape index (κ1) is 15.6. The van der Waals surface area contributed by atoms with E-state index in [1.807, 2.05) is 12.3 Å². The topological polar surface area (TPSA) is 68.1 Å². The SMILES string of the molecule is CC(C)(C)c1ncc(CNCc2cccc([N+](=O)[O-])c2)s1. The molecule has 0 aliphatic rings. The monoisotopic (exact) mass is 305 g/mol. The summed E-state index contributed by atoms with van der Waals surface area (Å²) in [4.78, 5) is 16.0. The quantitative estimate of drug-likeness (QED) is 0.676. The number of hydrogen-bond acceptors (Lipinski definition) is 5. The summed E-state index contributed by atoms with van der Waals surface area (Å²) in [5.74, 6) is 0. The van der Waals surface area contributed by atoms with Crippen molar-refractivity contribution in [3.8, 4) is 0 Å². The first-order valence-electron chi connectivity index (χ1n) is 6.75. The van der Waals surface area contributed by atoms with Gasteiger partial charge in [0.25, 0.3) is 5.69 Å². The Morgan fingerprint density at radius 1 is 1.33 bits per heavy atom. The summed E-state index contributed by atoms with van der Waals surface area (Å²) in [5, 5.41) is 15.1. The second-order valence-electron chi connectivity index (χ2n) is 5.91. The van der Waals surface area contributed by atoms with E-state index in [1.165, 1.54) is 10.9 Å². The lowest BCUT2D eigenvalue weighted by atomic mass is 9.98. The molecule has 0 saturated heterocycles. The molecule has 0 bridgehead atoms. The molecule has 0 unspecified atom stereocenters. The molecule has 2 aromatic rings. The largest absolute Gasteiger partial charge is 0.308 e. The highest BCUT2D eigenvalue weighted by molar-refractivity contribution is 7.11. The summed E-state index contributed by atoms with van der Waals surface area (Å²) < 4.78 is 0. The molecule has 1 heterocycles. The molecule has 0 atom stereocenters. The van der Waals surface area contributed by atoms with Gasteiger partial charge in [0.1, 0.15) is 0 Å². The predicted octanol–water partition coefficient (Wildman–Crippen LogP) is 3.64. The van der Waals surface area contributed by atoms with Crippen molar-refractivity contribution in [1.82, 2.24) is 10.3 Å². The van der Waals surface area contributed by atoms with Crippen molar-refractivity contribution in [2.75, 3.05) is 0 Å². The average Bonchev–Trinajstić information content (AvgIpc) is 2.88. The number of nitrogens with one attached hydrogen (secondary N) is 1. The lowest BCUT2D eigenvalue weighted by Crippen LogP contribution is -2.12. The van der Waals surface area contributed by atoms with E-state index in [-0.39, 0.29) is 16.0 Å². The van der Waals surface area contributed by atoms with Gasteiger partial charge in [0, 0.05) is 41.7 Å². The third-order valence-corrected chi connectivity index (χ3v) is 4.37. The number of rotatable bonds is 5. The second-order valence-corrected chi connectivity index (χ2v) is 7.03. The van der Waals surface area contributed by atoms with Crippen LogP contribution in [0.4, 0.5) is 5.69 Å². The van der Waals surface area contributed by atoms with Crippen molar-refractivity contribution < 1.29 is 4.92 Å². The Morgan fingerprint density at radius 2 is 2.10 bits per heavy atom. The summed E-state index contributed by atoms with van der Waals surface area (Å²) in [6.07, 6.45) is 1.89. The average molecular weight is 305 g/mol. The Labute approximate surface area is 128 Å². The minimum Gasteiger partial charge on any atom is -0.308 e. The second kappa shape index (κ2) is 6.32. The summed E-state index contributed by atoms with van der Waals surface area (Å²) in [6.45, 7) is 7.76. The van der Waals surface area contributed by atoms with E-state index in [0.29, 0.717) is 6.54 Å². The highest BCUT2D eigenvalue weighted by Gasteiger charge is 2.17. The van der Waals surface area contributed by atoms with Crippen LogP contribution in [0.2, 0.25) is 0 Å². The summed E-state index contributed by atoms with van der Waals surface area (Å²) >= 11 is 1.70. The van der Waals surface area contributed by atoms with E-state index in [4.69, 9.17) is 0 Å². The fraction of sp³-hybridized carbons (Fsp3) is 0.400. The zero-order valence-corrected chi connectivity index (χ0v) is 13.2. The minimum absolute atomic E-state index is 0.0724. The molecule has 2 rings (SSSR count). The van der Waals surface area contributed by atoms with Crippen LogP contribution in [-0.2, 0) is 18.5 Å². The van der Waals surface area contributed by atoms with Gasteiger partial charge in [-0.3, -0.25) is 10.1 Å². The molecule has 0 aliphatic heterocycles. The van der Waals surface area contributed by atoms with Crippen molar-refractivity contribution >= 4 is 17.0 Å². The summed E-state index contributed by atoms with van der Waals surface area (Å²) in [6, 6.07) is 6.69. The number of benzene rings is 1. The maximum atomic E-state index is 10.7. The molecule has 0 saturated carbocycles. The van der Waals surface area contributed by atoms with Gasteiger partial charge < -0.3 is 5.32 Å². The van der Waals surface area contributed by atoms with E-state index < -0.39 is 0 Å². The molecule has 0 radical (unpaired) electrons. The molecule has 1 aromatic carbocycles. The Kier molecular flexibility index (Phi) is 4.69. The van der Waals surface area contributed by atoms with E-state index >= 15 is 0 Å². The van der Waals surface area contributed by atoms with Crippen LogP contribution in [0.3, 0.4) is 0 Å². The van der Waals surface area contributed by atoms with Gasteiger partial charge in [-0.05, 0) is 5.56 Å². The Bertz CT molecular complexity index is 632. The van der Waals surface area contributed by atoms with Gasteiger partial charge in [0.05, 0.1) is 9.93 Å². The van der Waals surface area contributed by atoms with Gasteiger partial charge in [-0.1, -0.05) is 32.9 Å². The first-order chi connectivity index (χ1) is 9.86. The normalized spacial score (nSPS) is 11.6. The van der Waals surface area contributed by atoms with Crippen molar-refractivity contribution in [3.05, 3.63) is 56.0 Å². The molecular weight excluding hydrogens is 286 g/mol. The fourth-order valence-corrected chi connectivity index (χ4v) is 2.79. The number of hydrogen-bond donors (Lipinski definition) is 1. The highest BCUT2D eigenvalue weighted by atomic mass is 32.1. The molecule has 0 amide bonds. The van der Waals surface area contributed by atoms with Crippen LogP contribution < -0.4 is 5.32 Å². The zero-order chi connectivity index (χ0) is 15.5. The van der Waals surface area contributed by atoms with Gasteiger partial charge in [-0.25, -0.2) is 4.98 Å². The van der Waals surface area contributed by atoms with Crippen LogP contribution in [0.5, 0.6) is 0 Å². The van der Waals surface area contributed by atoms with Gasteiger partial charge in [-0.2, -0.15) is 0 Å². The van der Waals surface area contributed by atoms with Crippen LogP contribution in [0.25, 0.3) is 0 Å². The maximum absolute atomic E-state index is 10.7. The van der Waals surface area contributed by atoms with Gasteiger partial charge in [-0.15, -0.1) is 11.3 Å². The maximum Gasteiger partial charge on any atom is 0.269 e. The van der Waals surface area contributed by atoms with E-state index in [9.17, 15) is 10.1 Å². The molecule has 0 spiro atoms. The van der Waals surface area contributed by atoms with Crippen molar-refractivity contribution in [3.63, 3.8) is 0 Å². The van der Waals surface area contributed by atoms with Crippen LogP contribution in [0, 0.1) is 10.1 Å². The molecule has 0 fully saturated rings. The lowest BCUT2D eigenvalue weighted by molar-refractivity contribution is -0.384. The molecule has 1 aromatic heterocycles. The van der Waals surface area contributed by atoms with Gasteiger partial charge in [0.2, 0.25) is 0 Å². The summed E-state index contributed by atoms with van der Waals surface area (Å²) in [7, 11) is 0. The lowest BCUT2D eigenvalue weighted by Gasteiger charge is -2.13. The van der Waals surface area contributed by atoms with Gasteiger partial charge >= 0.3 is 0 Å². The first-order valence-corrected chi connectivity index (χ1v) is 7.57. The molecule has 0 aliphatic carbocycles. The predicted molar refractivity (Wildman–Crippen MR) is 84.5 cm³/mol.